The number of phenols is 1. The van der Waals surface area contributed by atoms with Gasteiger partial charge in [0, 0.05) is 23.9 Å². The van der Waals surface area contributed by atoms with Crippen LogP contribution in [0.1, 0.15) is 15.9 Å². The first-order chi connectivity index (χ1) is 19.1. The molecule has 0 saturated carbocycles. The lowest BCUT2D eigenvalue weighted by Gasteiger charge is -2.10. The number of benzene rings is 3. The molecule has 0 aliphatic heterocycles. The Balaban J connectivity index is 1.26. The maximum Gasteiger partial charge on any atom is 0.251 e. The standard InChI is InChI=1S/C29H23N7O3/c1-39-29-21(6-4-12-31-29)18-9-11-26(37)22(13-18)27-34-23-10-8-19(14-24(23)35-27)28(38)32-15-20-5-2-3-7-25(20)36-17-30-16-33-36/h2-14,16-17,37H,15H2,1H3,(H,32,38)(H,34,35). The van der Waals surface area contributed by atoms with Gasteiger partial charge < -0.3 is 20.1 Å². The van der Waals surface area contributed by atoms with Gasteiger partial charge in [0.25, 0.3) is 5.91 Å². The lowest BCUT2D eigenvalue weighted by Crippen LogP contribution is -2.23. The summed E-state index contributed by atoms with van der Waals surface area (Å²) >= 11 is 0. The molecule has 10 nitrogen and oxygen atoms in total. The van der Waals surface area contributed by atoms with Crippen LogP contribution in [0.2, 0.25) is 0 Å². The Kier molecular flexibility index (Phi) is 6.18. The number of hydrogen-bond donors (Lipinski definition) is 3. The summed E-state index contributed by atoms with van der Waals surface area (Å²) in [7, 11) is 1.57. The highest BCUT2D eigenvalue weighted by molar-refractivity contribution is 5.97. The Bertz CT molecular complexity index is 1790. The first-order valence-corrected chi connectivity index (χ1v) is 12.1. The second-order valence-electron chi connectivity index (χ2n) is 8.76. The van der Waals surface area contributed by atoms with Crippen LogP contribution in [0.15, 0.2) is 91.6 Å². The van der Waals surface area contributed by atoms with Gasteiger partial charge >= 0.3 is 0 Å². The minimum absolute atomic E-state index is 0.0738. The highest BCUT2D eigenvalue weighted by Crippen LogP contribution is 2.35. The van der Waals surface area contributed by atoms with Crippen LogP contribution in [0.4, 0.5) is 0 Å². The number of amides is 1. The molecular formula is C29H23N7O3. The number of nitrogens with zero attached hydrogens (tertiary/aromatic N) is 5. The fraction of sp³-hybridized carbons (Fsp3) is 0.0690. The summed E-state index contributed by atoms with van der Waals surface area (Å²) in [5, 5.41) is 17.8. The summed E-state index contributed by atoms with van der Waals surface area (Å²) in [6, 6.07) is 21.9. The van der Waals surface area contributed by atoms with Crippen molar-refractivity contribution in [3.8, 4) is 39.8 Å². The van der Waals surface area contributed by atoms with Gasteiger partial charge in [-0.25, -0.2) is 19.6 Å². The van der Waals surface area contributed by atoms with E-state index in [2.05, 4.69) is 30.4 Å². The average Bonchev–Trinajstić information content (AvgIpc) is 3.66. The molecule has 39 heavy (non-hydrogen) atoms. The maximum absolute atomic E-state index is 13.0. The molecule has 10 heteroatoms. The normalized spacial score (nSPS) is 11.0. The number of aromatic amines is 1. The fourth-order valence-electron chi connectivity index (χ4n) is 4.44. The van der Waals surface area contributed by atoms with Gasteiger partial charge in [0.05, 0.1) is 29.4 Å². The van der Waals surface area contributed by atoms with Crippen molar-refractivity contribution in [2.75, 3.05) is 7.11 Å². The van der Waals surface area contributed by atoms with Gasteiger partial charge in [-0.15, -0.1) is 0 Å². The van der Waals surface area contributed by atoms with Crippen molar-refractivity contribution >= 4 is 16.9 Å². The second kappa shape index (κ2) is 10.1. The number of para-hydroxylation sites is 1. The van der Waals surface area contributed by atoms with Gasteiger partial charge in [-0.2, -0.15) is 5.10 Å². The first-order valence-electron chi connectivity index (χ1n) is 12.1. The average molecular weight is 518 g/mol. The van der Waals surface area contributed by atoms with Crippen molar-refractivity contribution < 1.29 is 14.6 Å². The number of phenolic OH excluding ortho intramolecular Hbond substituents is 1. The smallest absolute Gasteiger partial charge is 0.251 e. The van der Waals surface area contributed by atoms with Crippen LogP contribution >= 0.6 is 0 Å². The number of rotatable bonds is 7. The van der Waals surface area contributed by atoms with Gasteiger partial charge in [0.15, 0.2) is 0 Å². The summed E-state index contributed by atoms with van der Waals surface area (Å²) < 4.78 is 7.05. The monoisotopic (exact) mass is 517 g/mol. The number of pyridine rings is 1. The Morgan fingerprint density at radius 1 is 1.05 bits per heavy atom. The summed E-state index contributed by atoms with van der Waals surface area (Å²) in [6.07, 6.45) is 4.74. The van der Waals surface area contributed by atoms with Gasteiger partial charge in [0.1, 0.15) is 24.2 Å². The van der Waals surface area contributed by atoms with Gasteiger partial charge in [0.2, 0.25) is 5.88 Å². The minimum Gasteiger partial charge on any atom is -0.507 e. The van der Waals surface area contributed by atoms with Crippen LogP contribution in [-0.2, 0) is 6.54 Å². The Morgan fingerprint density at radius 3 is 2.79 bits per heavy atom. The molecule has 6 aromatic rings. The van der Waals surface area contributed by atoms with Crippen molar-refractivity contribution in [1.82, 2.24) is 35.0 Å². The quantitative estimate of drug-likeness (QED) is 0.284. The number of fused-ring (bicyclic) bond motifs is 1. The van der Waals surface area contributed by atoms with Crippen molar-refractivity contribution in [2.45, 2.75) is 6.54 Å². The molecule has 0 bridgehead atoms. The molecule has 0 atom stereocenters. The van der Waals surface area contributed by atoms with Crippen molar-refractivity contribution in [2.24, 2.45) is 0 Å². The number of methoxy groups -OCH3 is 1. The van der Waals surface area contributed by atoms with Crippen molar-refractivity contribution in [3.63, 3.8) is 0 Å². The third-order valence-electron chi connectivity index (χ3n) is 6.37. The van der Waals surface area contributed by atoms with E-state index in [9.17, 15) is 9.90 Å². The zero-order valence-electron chi connectivity index (χ0n) is 20.9. The SMILES string of the molecule is COc1ncccc1-c1ccc(O)c(-c2nc3cc(C(=O)NCc4ccccc4-n4cncn4)ccc3[nH]2)c1. The van der Waals surface area contributed by atoms with Gasteiger partial charge in [-0.1, -0.05) is 24.3 Å². The molecule has 0 aliphatic carbocycles. The molecule has 0 radical (unpaired) electrons. The number of hydrogen-bond acceptors (Lipinski definition) is 7. The van der Waals surface area contributed by atoms with Crippen LogP contribution in [-0.4, -0.2) is 47.8 Å². The maximum atomic E-state index is 13.0. The van der Waals surface area contributed by atoms with E-state index in [4.69, 9.17) is 4.74 Å². The third kappa shape index (κ3) is 4.66. The number of aromatic hydroxyl groups is 1. The molecule has 3 aromatic heterocycles. The zero-order valence-corrected chi connectivity index (χ0v) is 20.9. The van der Waals surface area contributed by atoms with E-state index in [-0.39, 0.29) is 11.7 Å². The van der Waals surface area contributed by atoms with E-state index in [1.54, 1.807) is 54.6 Å². The molecule has 192 valence electrons. The number of nitrogens with one attached hydrogen (secondary N) is 2. The van der Waals surface area contributed by atoms with E-state index in [1.165, 1.54) is 6.33 Å². The van der Waals surface area contributed by atoms with Gasteiger partial charge in [-0.3, -0.25) is 4.79 Å². The van der Waals surface area contributed by atoms with Crippen LogP contribution < -0.4 is 10.1 Å². The van der Waals surface area contributed by atoms with Gasteiger partial charge in [-0.05, 0) is 59.7 Å². The van der Waals surface area contributed by atoms with Crippen molar-refractivity contribution in [3.05, 3.63) is 103 Å². The summed E-state index contributed by atoms with van der Waals surface area (Å²) in [5.41, 5.74) is 5.68. The number of ether oxygens (including phenoxy) is 1. The minimum atomic E-state index is -0.233. The molecule has 0 saturated heterocycles. The largest absolute Gasteiger partial charge is 0.507 e. The summed E-state index contributed by atoms with van der Waals surface area (Å²) in [5.74, 6) is 0.804. The van der Waals surface area contributed by atoms with E-state index in [0.717, 1.165) is 27.9 Å². The van der Waals surface area contributed by atoms with Crippen molar-refractivity contribution in [1.29, 1.82) is 0 Å². The number of imidazole rings is 1. The molecule has 6 rings (SSSR count). The molecule has 0 unspecified atom stereocenters. The molecule has 0 fully saturated rings. The van der Waals surface area contributed by atoms with Crippen LogP contribution in [0.5, 0.6) is 11.6 Å². The predicted molar refractivity (Wildman–Crippen MR) is 146 cm³/mol. The lowest BCUT2D eigenvalue weighted by molar-refractivity contribution is 0.0951. The van der Waals surface area contributed by atoms with Crippen LogP contribution in [0.3, 0.4) is 0 Å². The number of carbonyl (C=O) groups is 1. The molecule has 3 heterocycles. The molecule has 0 spiro atoms. The van der Waals surface area contributed by atoms with E-state index >= 15 is 0 Å². The van der Waals surface area contributed by atoms with E-state index in [1.807, 2.05) is 42.5 Å². The van der Waals surface area contributed by atoms with Crippen LogP contribution in [0.25, 0.3) is 39.2 Å². The number of aromatic nitrogens is 6. The fourth-order valence-corrected chi connectivity index (χ4v) is 4.44. The topological polar surface area (TPSA) is 131 Å². The highest BCUT2D eigenvalue weighted by Gasteiger charge is 2.15. The Morgan fingerprint density at radius 2 is 1.95 bits per heavy atom. The molecule has 3 aromatic carbocycles. The predicted octanol–water partition coefficient (Wildman–Crippen LogP) is 4.52. The zero-order chi connectivity index (χ0) is 26.8. The summed E-state index contributed by atoms with van der Waals surface area (Å²) in [6.45, 7) is 0.317. The van der Waals surface area contributed by atoms with E-state index < -0.39 is 0 Å². The molecule has 3 N–H and O–H groups in total. The lowest BCUT2D eigenvalue weighted by atomic mass is 10.0. The first kappa shape index (κ1) is 23.9. The van der Waals surface area contributed by atoms with Crippen LogP contribution in [0, 0.1) is 0 Å². The third-order valence-corrected chi connectivity index (χ3v) is 6.37. The van der Waals surface area contributed by atoms with E-state index in [0.29, 0.717) is 34.9 Å². The molecule has 0 aliphatic rings. The number of H-pyrrole nitrogens is 1. The number of carbonyl (C=O) groups excluding carboxylic acids is 1. The summed E-state index contributed by atoms with van der Waals surface area (Å²) in [4.78, 5) is 29.2. The second-order valence-corrected chi connectivity index (χ2v) is 8.76. The Hall–Kier alpha value is -5.51. The highest BCUT2D eigenvalue weighted by atomic mass is 16.5. The molecule has 1 amide bonds. The molecular weight excluding hydrogens is 494 g/mol. The Labute approximate surface area is 223 Å².